The Balaban J connectivity index is 1.68. The fourth-order valence-corrected chi connectivity index (χ4v) is 4.81. The van der Waals surface area contributed by atoms with Gasteiger partial charge in [0.2, 0.25) is 11.8 Å². The van der Waals surface area contributed by atoms with Crippen molar-refractivity contribution in [2.75, 3.05) is 39.3 Å². The lowest BCUT2D eigenvalue weighted by Crippen LogP contribution is -2.48. The zero-order valence-electron chi connectivity index (χ0n) is 18.2. The minimum atomic E-state index is -0.245. The molecule has 0 spiro atoms. The van der Waals surface area contributed by atoms with E-state index in [1.807, 2.05) is 36.9 Å². The summed E-state index contributed by atoms with van der Waals surface area (Å²) in [6, 6.07) is 9.88. The first-order valence-electron chi connectivity index (χ1n) is 11.5. The molecule has 1 aromatic carbocycles. The predicted octanol–water partition coefficient (Wildman–Crippen LogP) is 3.71. The van der Waals surface area contributed by atoms with Crippen LogP contribution in [0.5, 0.6) is 0 Å². The van der Waals surface area contributed by atoms with E-state index in [-0.39, 0.29) is 17.9 Å². The number of hydrogen-bond donors (Lipinski definition) is 0. The summed E-state index contributed by atoms with van der Waals surface area (Å²) in [7, 11) is 0. The van der Waals surface area contributed by atoms with Crippen molar-refractivity contribution < 1.29 is 9.59 Å². The third-order valence-electron chi connectivity index (χ3n) is 6.59. The fraction of sp³-hybridized carbons (Fsp3) is 0.667. The molecule has 160 valence electrons. The second-order valence-electron chi connectivity index (χ2n) is 8.37. The highest BCUT2D eigenvalue weighted by Gasteiger charge is 2.35. The first-order chi connectivity index (χ1) is 14.2. The molecule has 2 heterocycles. The van der Waals surface area contributed by atoms with E-state index in [0.717, 1.165) is 70.5 Å². The number of amides is 2. The predicted molar refractivity (Wildman–Crippen MR) is 116 cm³/mol. The summed E-state index contributed by atoms with van der Waals surface area (Å²) in [6.07, 6.45) is 6.47. The van der Waals surface area contributed by atoms with Gasteiger partial charge in [0.05, 0.1) is 0 Å². The van der Waals surface area contributed by atoms with Gasteiger partial charge in [0.15, 0.2) is 0 Å². The lowest BCUT2D eigenvalue weighted by Gasteiger charge is -2.39. The van der Waals surface area contributed by atoms with Crippen LogP contribution in [0.15, 0.2) is 30.3 Å². The van der Waals surface area contributed by atoms with Gasteiger partial charge in [-0.2, -0.15) is 0 Å². The van der Waals surface area contributed by atoms with Gasteiger partial charge in [0, 0.05) is 32.1 Å². The topological polar surface area (TPSA) is 43.9 Å². The molecular weight excluding hydrogens is 362 g/mol. The molecule has 2 fully saturated rings. The molecule has 5 nitrogen and oxygen atoms in total. The van der Waals surface area contributed by atoms with Crippen LogP contribution in [0.1, 0.15) is 64.0 Å². The molecule has 0 aromatic heterocycles. The van der Waals surface area contributed by atoms with Crippen LogP contribution in [-0.4, -0.2) is 65.8 Å². The summed E-state index contributed by atoms with van der Waals surface area (Å²) in [5.74, 6) is 0.640. The van der Waals surface area contributed by atoms with Crippen LogP contribution in [0.2, 0.25) is 0 Å². The van der Waals surface area contributed by atoms with Crippen LogP contribution in [0.3, 0.4) is 0 Å². The van der Waals surface area contributed by atoms with Crippen LogP contribution >= 0.6 is 0 Å². The second-order valence-corrected chi connectivity index (χ2v) is 8.37. The van der Waals surface area contributed by atoms with Crippen molar-refractivity contribution in [2.24, 2.45) is 5.92 Å². The van der Waals surface area contributed by atoms with Crippen LogP contribution in [0.4, 0.5) is 0 Å². The summed E-state index contributed by atoms with van der Waals surface area (Å²) in [5, 5.41) is 0. The van der Waals surface area contributed by atoms with Crippen molar-refractivity contribution in [1.82, 2.24) is 14.7 Å². The lowest BCUT2D eigenvalue weighted by atomic mass is 9.92. The molecule has 2 saturated heterocycles. The highest BCUT2D eigenvalue weighted by atomic mass is 16.2. The molecular formula is C24H37N3O2. The average molecular weight is 400 g/mol. The van der Waals surface area contributed by atoms with Gasteiger partial charge in [-0.25, -0.2) is 0 Å². The van der Waals surface area contributed by atoms with Gasteiger partial charge in [-0.15, -0.1) is 0 Å². The lowest BCUT2D eigenvalue weighted by molar-refractivity contribution is -0.140. The zero-order valence-corrected chi connectivity index (χ0v) is 18.2. The SMILES string of the molecule is CCN(CC)C(=O)C(c1ccccc1)N1CCC(C(=O)N2CCCCCC2)CC1. The molecule has 29 heavy (non-hydrogen) atoms. The molecule has 3 rings (SSSR count). The summed E-state index contributed by atoms with van der Waals surface area (Å²) in [6.45, 7) is 8.97. The molecule has 5 heteroatoms. The maximum absolute atomic E-state index is 13.3. The Kier molecular flexibility index (Phi) is 8.10. The third kappa shape index (κ3) is 5.39. The summed E-state index contributed by atoms with van der Waals surface area (Å²) in [5.41, 5.74) is 1.06. The molecule has 0 saturated carbocycles. The van der Waals surface area contributed by atoms with Gasteiger partial charge < -0.3 is 9.80 Å². The monoisotopic (exact) mass is 399 g/mol. The van der Waals surface area contributed by atoms with E-state index >= 15 is 0 Å². The van der Waals surface area contributed by atoms with Crippen molar-refractivity contribution in [3.63, 3.8) is 0 Å². The van der Waals surface area contributed by atoms with Crippen molar-refractivity contribution >= 4 is 11.8 Å². The molecule has 1 aromatic rings. The van der Waals surface area contributed by atoms with E-state index in [1.54, 1.807) is 0 Å². The van der Waals surface area contributed by atoms with E-state index in [9.17, 15) is 9.59 Å². The van der Waals surface area contributed by atoms with Crippen LogP contribution in [-0.2, 0) is 9.59 Å². The van der Waals surface area contributed by atoms with Gasteiger partial charge in [0.25, 0.3) is 0 Å². The minimum absolute atomic E-state index is 0.115. The minimum Gasteiger partial charge on any atom is -0.342 e. The van der Waals surface area contributed by atoms with Crippen LogP contribution in [0.25, 0.3) is 0 Å². The number of hydrogen-bond acceptors (Lipinski definition) is 3. The number of carbonyl (C=O) groups is 2. The maximum atomic E-state index is 13.3. The Labute approximate surface area is 176 Å². The van der Waals surface area contributed by atoms with Crippen molar-refractivity contribution in [3.8, 4) is 0 Å². The van der Waals surface area contributed by atoms with Crippen molar-refractivity contribution in [3.05, 3.63) is 35.9 Å². The number of rotatable bonds is 6. The van der Waals surface area contributed by atoms with E-state index in [4.69, 9.17) is 0 Å². The Hall–Kier alpha value is -1.88. The van der Waals surface area contributed by atoms with Gasteiger partial charge in [-0.1, -0.05) is 43.2 Å². The van der Waals surface area contributed by atoms with E-state index in [0.29, 0.717) is 5.91 Å². The summed E-state index contributed by atoms with van der Waals surface area (Å²) < 4.78 is 0. The van der Waals surface area contributed by atoms with Gasteiger partial charge in [0.1, 0.15) is 6.04 Å². The van der Waals surface area contributed by atoms with E-state index in [2.05, 4.69) is 21.9 Å². The molecule has 0 aliphatic carbocycles. The number of nitrogens with zero attached hydrogens (tertiary/aromatic N) is 3. The number of benzene rings is 1. The van der Waals surface area contributed by atoms with Gasteiger partial charge in [-0.3, -0.25) is 14.5 Å². The molecule has 2 amide bonds. The van der Waals surface area contributed by atoms with Gasteiger partial charge in [-0.05, 0) is 58.2 Å². The Morgan fingerprint density at radius 2 is 1.52 bits per heavy atom. The number of piperidine rings is 1. The number of carbonyl (C=O) groups excluding carboxylic acids is 2. The van der Waals surface area contributed by atoms with Crippen molar-refractivity contribution in [2.45, 2.75) is 58.4 Å². The Morgan fingerprint density at radius 3 is 2.07 bits per heavy atom. The van der Waals surface area contributed by atoms with Gasteiger partial charge >= 0.3 is 0 Å². The molecule has 1 unspecified atom stereocenters. The molecule has 2 aliphatic rings. The largest absolute Gasteiger partial charge is 0.342 e. The number of likely N-dealkylation sites (N-methyl/N-ethyl adjacent to an activating group) is 1. The number of likely N-dealkylation sites (tertiary alicyclic amines) is 2. The second kappa shape index (κ2) is 10.8. The summed E-state index contributed by atoms with van der Waals surface area (Å²) in [4.78, 5) is 32.7. The van der Waals surface area contributed by atoms with E-state index < -0.39 is 0 Å². The molecule has 2 aliphatic heterocycles. The quantitative estimate of drug-likeness (QED) is 0.732. The normalized spacial score (nSPS) is 20.1. The highest BCUT2D eigenvalue weighted by molar-refractivity contribution is 5.83. The average Bonchev–Trinajstić information content (AvgIpc) is 3.05. The standard InChI is InChI=1S/C24H37N3O2/c1-3-25(4-2)24(29)22(20-12-8-7-9-13-20)26-18-14-21(15-19-26)23(28)27-16-10-5-6-11-17-27/h7-9,12-13,21-22H,3-6,10-11,14-19H2,1-2H3. The summed E-state index contributed by atoms with van der Waals surface area (Å²) >= 11 is 0. The fourth-order valence-electron chi connectivity index (χ4n) is 4.81. The highest BCUT2D eigenvalue weighted by Crippen LogP contribution is 2.30. The first-order valence-corrected chi connectivity index (χ1v) is 11.5. The molecule has 0 bridgehead atoms. The molecule has 0 radical (unpaired) electrons. The Morgan fingerprint density at radius 1 is 0.931 bits per heavy atom. The molecule has 0 N–H and O–H groups in total. The van der Waals surface area contributed by atoms with E-state index in [1.165, 1.54) is 12.8 Å². The first kappa shape index (κ1) is 21.8. The smallest absolute Gasteiger partial charge is 0.244 e. The Bertz CT molecular complexity index is 643. The maximum Gasteiger partial charge on any atom is 0.244 e. The van der Waals surface area contributed by atoms with Crippen molar-refractivity contribution in [1.29, 1.82) is 0 Å². The van der Waals surface area contributed by atoms with Crippen LogP contribution in [0, 0.1) is 5.92 Å². The molecule has 1 atom stereocenters. The zero-order chi connectivity index (χ0) is 20.6. The van der Waals surface area contributed by atoms with Crippen LogP contribution < -0.4 is 0 Å². The third-order valence-corrected chi connectivity index (χ3v) is 6.59.